The lowest BCUT2D eigenvalue weighted by atomic mass is 10.0. The Labute approximate surface area is 106 Å². The number of nitrogens with two attached hydrogens (primary N) is 1. The molecule has 2 aromatic heterocycles. The molecule has 0 aliphatic carbocycles. The van der Waals surface area contributed by atoms with Gasteiger partial charge >= 0.3 is 0 Å². The highest BCUT2D eigenvalue weighted by molar-refractivity contribution is 5.47. The molecule has 0 saturated heterocycles. The van der Waals surface area contributed by atoms with Gasteiger partial charge in [-0.25, -0.2) is 4.98 Å². The van der Waals surface area contributed by atoms with E-state index in [0.29, 0.717) is 18.1 Å². The fourth-order valence-corrected chi connectivity index (χ4v) is 1.56. The minimum atomic E-state index is -0.226. The maximum absolute atomic E-state index is 5.92. The van der Waals surface area contributed by atoms with E-state index in [-0.39, 0.29) is 5.54 Å². The van der Waals surface area contributed by atoms with E-state index in [2.05, 4.69) is 15.1 Å². The molecule has 0 unspecified atom stereocenters. The zero-order valence-electron chi connectivity index (χ0n) is 11.0. The van der Waals surface area contributed by atoms with Gasteiger partial charge in [0, 0.05) is 17.7 Å². The second-order valence-corrected chi connectivity index (χ2v) is 5.16. The highest BCUT2D eigenvalue weighted by atomic mass is 16.5. The van der Waals surface area contributed by atoms with Crippen LogP contribution in [0.25, 0.3) is 11.5 Å². The number of nitrogens with zero attached hydrogens (tertiary/aromatic N) is 3. The summed E-state index contributed by atoms with van der Waals surface area (Å²) in [5, 5.41) is 3.94. The summed E-state index contributed by atoms with van der Waals surface area (Å²) in [5.41, 5.74) is 7.36. The lowest BCUT2D eigenvalue weighted by Crippen LogP contribution is -2.32. The Hall–Kier alpha value is -1.75. The second kappa shape index (κ2) is 4.86. The molecule has 0 fully saturated rings. The van der Waals surface area contributed by atoms with E-state index in [0.717, 1.165) is 17.8 Å². The lowest BCUT2D eigenvalue weighted by molar-refractivity contribution is 0.358. The van der Waals surface area contributed by atoms with Crippen LogP contribution in [0.15, 0.2) is 22.7 Å². The summed E-state index contributed by atoms with van der Waals surface area (Å²) in [6, 6.07) is 5.73. The number of pyridine rings is 1. The fraction of sp³-hybridized carbons (Fsp3) is 0.462. The Bertz CT molecular complexity index is 528. The van der Waals surface area contributed by atoms with Crippen molar-refractivity contribution in [3.63, 3.8) is 0 Å². The van der Waals surface area contributed by atoms with Crippen LogP contribution in [0.3, 0.4) is 0 Å². The van der Waals surface area contributed by atoms with Crippen molar-refractivity contribution in [2.45, 2.75) is 39.2 Å². The van der Waals surface area contributed by atoms with E-state index < -0.39 is 0 Å². The molecule has 96 valence electrons. The molecule has 0 saturated carbocycles. The summed E-state index contributed by atoms with van der Waals surface area (Å²) in [4.78, 5) is 8.68. The summed E-state index contributed by atoms with van der Waals surface area (Å²) in [7, 11) is 0. The van der Waals surface area contributed by atoms with Gasteiger partial charge < -0.3 is 10.3 Å². The van der Waals surface area contributed by atoms with Crippen LogP contribution in [-0.2, 0) is 6.42 Å². The molecule has 0 bridgehead atoms. The quantitative estimate of drug-likeness (QED) is 0.893. The zero-order valence-corrected chi connectivity index (χ0v) is 11.0. The maximum atomic E-state index is 5.92. The molecule has 0 spiro atoms. The molecule has 5 nitrogen and oxygen atoms in total. The second-order valence-electron chi connectivity index (χ2n) is 5.16. The van der Waals surface area contributed by atoms with E-state index in [9.17, 15) is 0 Å². The Morgan fingerprint density at radius 2 is 2.06 bits per heavy atom. The van der Waals surface area contributed by atoms with Gasteiger partial charge in [0.2, 0.25) is 11.7 Å². The van der Waals surface area contributed by atoms with E-state index >= 15 is 0 Å². The molecule has 0 amide bonds. The van der Waals surface area contributed by atoms with Crippen molar-refractivity contribution in [1.82, 2.24) is 15.1 Å². The predicted octanol–water partition coefficient (Wildman–Crippen LogP) is 2.11. The van der Waals surface area contributed by atoms with Gasteiger partial charge in [0.25, 0.3) is 0 Å². The minimum absolute atomic E-state index is 0.226. The van der Waals surface area contributed by atoms with Gasteiger partial charge in [0.05, 0.1) is 0 Å². The smallest absolute Gasteiger partial charge is 0.227 e. The monoisotopic (exact) mass is 246 g/mol. The molecule has 18 heavy (non-hydrogen) atoms. The zero-order chi connectivity index (χ0) is 13.2. The Kier molecular flexibility index (Phi) is 3.43. The van der Waals surface area contributed by atoms with Gasteiger partial charge in [0.1, 0.15) is 5.69 Å². The SMILES string of the molecule is Cc1cccc(-c2noc(CCC(C)(C)N)n2)n1. The van der Waals surface area contributed by atoms with Gasteiger partial charge in [-0.2, -0.15) is 4.98 Å². The van der Waals surface area contributed by atoms with Crippen molar-refractivity contribution >= 4 is 0 Å². The molecule has 2 heterocycles. The summed E-state index contributed by atoms with van der Waals surface area (Å²) in [5.74, 6) is 1.13. The van der Waals surface area contributed by atoms with Gasteiger partial charge in [-0.3, -0.25) is 0 Å². The number of hydrogen-bond donors (Lipinski definition) is 1. The average Bonchev–Trinajstić information content (AvgIpc) is 2.74. The summed E-state index contributed by atoms with van der Waals surface area (Å²) >= 11 is 0. The van der Waals surface area contributed by atoms with E-state index in [4.69, 9.17) is 10.3 Å². The summed E-state index contributed by atoms with van der Waals surface area (Å²) < 4.78 is 5.20. The maximum Gasteiger partial charge on any atom is 0.227 e. The molecule has 0 atom stereocenters. The Morgan fingerprint density at radius 3 is 2.72 bits per heavy atom. The molecule has 0 radical (unpaired) electrons. The van der Waals surface area contributed by atoms with Crippen LogP contribution in [0.5, 0.6) is 0 Å². The lowest BCUT2D eigenvalue weighted by Gasteiger charge is -2.16. The Balaban J connectivity index is 2.11. The van der Waals surface area contributed by atoms with Crippen LogP contribution >= 0.6 is 0 Å². The topological polar surface area (TPSA) is 77.8 Å². The number of hydrogen-bond acceptors (Lipinski definition) is 5. The van der Waals surface area contributed by atoms with Crippen molar-refractivity contribution in [3.05, 3.63) is 29.8 Å². The fourth-order valence-electron chi connectivity index (χ4n) is 1.56. The van der Waals surface area contributed by atoms with E-state index in [1.54, 1.807) is 0 Å². The first kappa shape index (κ1) is 12.7. The third-order valence-electron chi connectivity index (χ3n) is 2.57. The third-order valence-corrected chi connectivity index (χ3v) is 2.57. The molecule has 2 N–H and O–H groups in total. The van der Waals surface area contributed by atoms with Gasteiger partial charge in [0.15, 0.2) is 0 Å². The van der Waals surface area contributed by atoms with Gasteiger partial charge in [-0.1, -0.05) is 11.2 Å². The predicted molar refractivity (Wildman–Crippen MR) is 68.9 cm³/mol. The molecule has 2 rings (SSSR count). The van der Waals surface area contributed by atoms with Crippen molar-refractivity contribution in [3.8, 4) is 11.5 Å². The van der Waals surface area contributed by atoms with Crippen LogP contribution in [-0.4, -0.2) is 20.7 Å². The van der Waals surface area contributed by atoms with Crippen LogP contribution in [0.4, 0.5) is 0 Å². The highest BCUT2D eigenvalue weighted by Crippen LogP contribution is 2.15. The van der Waals surface area contributed by atoms with E-state index in [1.165, 1.54) is 0 Å². The highest BCUT2D eigenvalue weighted by Gasteiger charge is 2.15. The summed E-state index contributed by atoms with van der Waals surface area (Å²) in [6.45, 7) is 5.89. The van der Waals surface area contributed by atoms with Crippen molar-refractivity contribution in [2.75, 3.05) is 0 Å². The van der Waals surface area contributed by atoms with Crippen molar-refractivity contribution < 1.29 is 4.52 Å². The molecule has 0 aromatic carbocycles. The number of aryl methyl sites for hydroxylation is 2. The first-order valence-corrected chi connectivity index (χ1v) is 5.99. The van der Waals surface area contributed by atoms with E-state index in [1.807, 2.05) is 39.0 Å². The minimum Gasteiger partial charge on any atom is -0.339 e. The van der Waals surface area contributed by atoms with Crippen LogP contribution in [0, 0.1) is 6.92 Å². The number of aromatic nitrogens is 3. The van der Waals surface area contributed by atoms with Gasteiger partial charge in [-0.15, -0.1) is 0 Å². The van der Waals surface area contributed by atoms with Crippen LogP contribution in [0.2, 0.25) is 0 Å². The average molecular weight is 246 g/mol. The molecule has 2 aromatic rings. The Morgan fingerprint density at radius 1 is 1.28 bits per heavy atom. The first-order valence-electron chi connectivity index (χ1n) is 5.99. The summed E-state index contributed by atoms with van der Waals surface area (Å²) in [6.07, 6.45) is 1.48. The van der Waals surface area contributed by atoms with Crippen molar-refractivity contribution in [1.29, 1.82) is 0 Å². The molecular formula is C13H18N4O. The first-order chi connectivity index (χ1) is 8.44. The number of rotatable bonds is 4. The normalized spacial score (nSPS) is 11.8. The standard InChI is InChI=1S/C13H18N4O/c1-9-5-4-6-10(15-9)12-16-11(18-17-12)7-8-13(2,3)14/h4-6H,7-8,14H2,1-3H3. The van der Waals surface area contributed by atoms with Crippen LogP contribution in [0.1, 0.15) is 31.9 Å². The largest absolute Gasteiger partial charge is 0.339 e. The van der Waals surface area contributed by atoms with Crippen molar-refractivity contribution in [2.24, 2.45) is 5.73 Å². The third kappa shape index (κ3) is 3.37. The molecular weight excluding hydrogens is 228 g/mol. The molecule has 0 aliphatic rings. The molecule has 5 heteroatoms. The van der Waals surface area contributed by atoms with Crippen LogP contribution < -0.4 is 5.73 Å². The van der Waals surface area contributed by atoms with Gasteiger partial charge in [-0.05, 0) is 39.3 Å². The molecule has 0 aliphatic heterocycles.